The van der Waals surface area contributed by atoms with Gasteiger partial charge in [-0.15, -0.1) is 0 Å². The summed E-state index contributed by atoms with van der Waals surface area (Å²) < 4.78 is 34.5. The summed E-state index contributed by atoms with van der Waals surface area (Å²) in [4.78, 5) is 0.344. The Labute approximate surface area is 137 Å². The zero-order valence-electron chi connectivity index (χ0n) is 13.3. The van der Waals surface area contributed by atoms with Crippen molar-refractivity contribution in [2.24, 2.45) is 0 Å². The maximum absolute atomic E-state index is 11.5. The van der Waals surface area contributed by atoms with Gasteiger partial charge < -0.3 is 14.8 Å². The summed E-state index contributed by atoms with van der Waals surface area (Å²) in [6, 6.07) is 7.13. The Kier molecular flexibility index (Phi) is 5.33. The van der Waals surface area contributed by atoms with Gasteiger partial charge in [-0.1, -0.05) is 12.1 Å². The smallest absolute Gasteiger partial charge is 0.175 e. The fourth-order valence-corrected chi connectivity index (χ4v) is 3.60. The van der Waals surface area contributed by atoms with Gasteiger partial charge in [0.05, 0.1) is 17.6 Å². The Morgan fingerprint density at radius 1 is 1.26 bits per heavy atom. The minimum atomic E-state index is -3.15. The predicted molar refractivity (Wildman–Crippen MR) is 87.0 cm³/mol. The molecule has 0 aliphatic carbocycles. The van der Waals surface area contributed by atoms with E-state index in [1.165, 1.54) is 6.26 Å². The molecule has 23 heavy (non-hydrogen) atoms. The van der Waals surface area contributed by atoms with E-state index in [0.29, 0.717) is 11.5 Å². The van der Waals surface area contributed by atoms with Gasteiger partial charge in [0.25, 0.3) is 0 Å². The van der Waals surface area contributed by atoms with E-state index in [1.54, 1.807) is 12.1 Å². The van der Waals surface area contributed by atoms with Gasteiger partial charge in [0.15, 0.2) is 9.84 Å². The van der Waals surface area contributed by atoms with Gasteiger partial charge in [0, 0.05) is 32.0 Å². The molecule has 3 atom stereocenters. The molecule has 0 saturated carbocycles. The normalized spacial score (nSPS) is 28.8. The van der Waals surface area contributed by atoms with Crippen molar-refractivity contribution >= 4 is 9.84 Å². The molecule has 0 aromatic heterocycles. The lowest BCUT2D eigenvalue weighted by Gasteiger charge is -2.32. The van der Waals surface area contributed by atoms with Crippen LogP contribution in [-0.2, 0) is 19.3 Å². The van der Waals surface area contributed by atoms with E-state index < -0.39 is 9.84 Å². The van der Waals surface area contributed by atoms with E-state index in [9.17, 15) is 8.42 Å². The van der Waals surface area contributed by atoms with Crippen LogP contribution in [0.4, 0.5) is 0 Å². The molecule has 0 radical (unpaired) electrons. The van der Waals surface area contributed by atoms with Crippen molar-refractivity contribution in [3.63, 3.8) is 0 Å². The minimum absolute atomic E-state index is 0.0625. The van der Waals surface area contributed by atoms with Crippen molar-refractivity contribution in [1.29, 1.82) is 0 Å². The number of piperazine rings is 1. The number of benzene rings is 1. The first-order chi connectivity index (χ1) is 11.0. The van der Waals surface area contributed by atoms with Crippen LogP contribution in [-0.4, -0.2) is 53.3 Å². The summed E-state index contributed by atoms with van der Waals surface area (Å²) in [7, 11) is -3.15. The molecule has 3 rings (SSSR count). The Bertz CT molecular complexity index is 611. The predicted octanol–water partition coefficient (Wildman–Crippen LogP) is 0.846. The summed E-state index contributed by atoms with van der Waals surface area (Å²) in [5.74, 6) is 0. The van der Waals surface area contributed by atoms with Crippen LogP contribution in [0, 0.1) is 0 Å². The van der Waals surface area contributed by atoms with Crippen LogP contribution in [0.2, 0.25) is 0 Å². The standard InChI is InChI=1S/C16H24N2O4S/c1-23(19,20)14-6-4-12(5-7-14)15-9-17-10-16(18-15)22-11-13-3-2-8-21-13/h4-7,13,15-18H,2-3,8-11H2,1H3/t13-,15?,16?/m1/s1. The first-order valence-corrected chi connectivity index (χ1v) is 9.91. The van der Waals surface area contributed by atoms with Crippen LogP contribution >= 0.6 is 0 Å². The molecular weight excluding hydrogens is 316 g/mol. The molecule has 128 valence electrons. The molecule has 0 amide bonds. The molecule has 2 aliphatic heterocycles. The van der Waals surface area contributed by atoms with Crippen LogP contribution in [0.1, 0.15) is 24.4 Å². The molecule has 0 bridgehead atoms. The molecule has 2 fully saturated rings. The molecule has 1 aromatic carbocycles. The van der Waals surface area contributed by atoms with Crippen molar-refractivity contribution in [1.82, 2.24) is 10.6 Å². The SMILES string of the molecule is CS(=O)(=O)c1ccc(C2CNCC(OC[C@H]3CCCO3)N2)cc1. The third-order valence-electron chi connectivity index (χ3n) is 4.28. The van der Waals surface area contributed by atoms with Crippen molar-refractivity contribution < 1.29 is 17.9 Å². The van der Waals surface area contributed by atoms with Gasteiger partial charge in [0.2, 0.25) is 0 Å². The number of rotatable bonds is 5. The summed E-state index contributed by atoms with van der Waals surface area (Å²) in [6.07, 6.45) is 3.55. The average molecular weight is 340 g/mol. The lowest BCUT2D eigenvalue weighted by molar-refractivity contribution is -0.0434. The summed E-state index contributed by atoms with van der Waals surface area (Å²) in [5, 5.41) is 6.82. The van der Waals surface area contributed by atoms with E-state index in [1.807, 2.05) is 12.1 Å². The van der Waals surface area contributed by atoms with E-state index in [4.69, 9.17) is 9.47 Å². The maximum Gasteiger partial charge on any atom is 0.175 e. The molecule has 0 spiro atoms. The Morgan fingerprint density at radius 2 is 2.04 bits per heavy atom. The third-order valence-corrected chi connectivity index (χ3v) is 5.41. The Balaban J connectivity index is 1.57. The highest BCUT2D eigenvalue weighted by molar-refractivity contribution is 7.90. The van der Waals surface area contributed by atoms with Crippen LogP contribution < -0.4 is 10.6 Å². The largest absolute Gasteiger partial charge is 0.376 e. The van der Waals surface area contributed by atoms with Crippen molar-refractivity contribution in [2.75, 3.05) is 32.6 Å². The lowest BCUT2D eigenvalue weighted by atomic mass is 10.1. The Morgan fingerprint density at radius 3 is 2.70 bits per heavy atom. The molecule has 2 saturated heterocycles. The number of hydrogen-bond acceptors (Lipinski definition) is 6. The van der Waals surface area contributed by atoms with E-state index >= 15 is 0 Å². The van der Waals surface area contributed by atoms with Crippen LogP contribution in [0.5, 0.6) is 0 Å². The molecule has 7 heteroatoms. The fraction of sp³-hybridized carbons (Fsp3) is 0.625. The van der Waals surface area contributed by atoms with Crippen LogP contribution in [0.25, 0.3) is 0 Å². The first-order valence-electron chi connectivity index (χ1n) is 8.02. The highest BCUT2D eigenvalue weighted by Crippen LogP contribution is 2.19. The van der Waals surface area contributed by atoms with Gasteiger partial charge in [-0.25, -0.2) is 8.42 Å². The van der Waals surface area contributed by atoms with Gasteiger partial charge >= 0.3 is 0 Å². The number of nitrogens with one attached hydrogen (secondary N) is 2. The maximum atomic E-state index is 11.5. The molecular formula is C16H24N2O4S. The second-order valence-corrected chi connectivity index (χ2v) is 8.19. The van der Waals surface area contributed by atoms with Crippen molar-refractivity contribution in [2.45, 2.75) is 36.1 Å². The van der Waals surface area contributed by atoms with Gasteiger partial charge in [-0.3, -0.25) is 5.32 Å². The number of sulfone groups is 1. The number of ether oxygens (including phenoxy) is 2. The highest BCUT2D eigenvalue weighted by Gasteiger charge is 2.24. The molecule has 2 unspecified atom stereocenters. The second-order valence-electron chi connectivity index (χ2n) is 6.18. The Hall–Kier alpha value is -0.990. The highest BCUT2D eigenvalue weighted by atomic mass is 32.2. The molecule has 2 heterocycles. The summed E-state index contributed by atoms with van der Waals surface area (Å²) in [6.45, 7) is 2.99. The van der Waals surface area contributed by atoms with Gasteiger partial charge in [0.1, 0.15) is 6.23 Å². The number of hydrogen-bond donors (Lipinski definition) is 2. The topological polar surface area (TPSA) is 76.7 Å². The van der Waals surface area contributed by atoms with E-state index in [-0.39, 0.29) is 18.4 Å². The minimum Gasteiger partial charge on any atom is -0.376 e. The summed E-state index contributed by atoms with van der Waals surface area (Å²) in [5.41, 5.74) is 1.05. The van der Waals surface area contributed by atoms with Gasteiger partial charge in [-0.05, 0) is 30.5 Å². The molecule has 2 N–H and O–H groups in total. The quantitative estimate of drug-likeness (QED) is 0.827. The fourth-order valence-electron chi connectivity index (χ4n) is 2.97. The zero-order chi connectivity index (χ0) is 16.3. The monoisotopic (exact) mass is 340 g/mol. The van der Waals surface area contributed by atoms with E-state index in [2.05, 4.69) is 10.6 Å². The van der Waals surface area contributed by atoms with Gasteiger partial charge in [-0.2, -0.15) is 0 Å². The summed E-state index contributed by atoms with van der Waals surface area (Å²) >= 11 is 0. The first kappa shape index (κ1) is 16.9. The van der Waals surface area contributed by atoms with Crippen LogP contribution in [0.3, 0.4) is 0 Å². The zero-order valence-corrected chi connectivity index (χ0v) is 14.1. The molecule has 2 aliphatic rings. The van der Waals surface area contributed by atoms with Crippen molar-refractivity contribution in [3.8, 4) is 0 Å². The lowest BCUT2D eigenvalue weighted by Crippen LogP contribution is -2.52. The molecule has 6 nitrogen and oxygen atoms in total. The van der Waals surface area contributed by atoms with Crippen LogP contribution in [0.15, 0.2) is 29.2 Å². The average Bonchev–Trinajstić information content (AvgIpc) is 3.06. The van der Waals surface area contributed by atoms with Crippen molar-refractivity contribution in [3.05, 3.63) is 29.8 Å². The second kappa shape index (κ2) is 7.27. The molecule has 1 aromatic rings. The van der Waals surface area contributed by atoms with E-state index in [0.717, 1.165) is 38.1 Å². The third kappa shape index (κ3) is 4.51.